The number of halogens is 2. The van der Waals surface area contributed by atoms with E-state index in [1.807, 2.05) is 0 Å². The number of anilines is 1. The van der Waals surface area contributed by atoms with Gasteiger partial charge in [-0.05, 0) is 37.8 Å². The molecule has 1 atom stereocenters. The first-order chi connectivity index (χ1) is 11.0. The number of aryl methyl sites for hydroxylation is 1. The summed E-state index contributed by atoms with van der Waals surface area (Å²) < 4.78 is 29.3. The topological polar surface area (TPSA) is 79.5 Å². The minimum absolute atomic E-state index is 0.125. The molecular weight excluding hydrogens is 308 g/mol. The summed E-state index contributed by atoms with van der Waals surface area (Å²) in [7, 11) is 0. The van der Waals surface area contributed by atoms with E-state index in [1.165, 1.54) is 6.07 Å². The largest absolute Gasteiger partial charge is 0.433 e. The van der Waals surface area contributed by atoms with Crippen molar-refractivity contribution < 1.29 is 23.1 Å². The number of rotatable bonds is 4. The summed E-state index contributed by atoms with van der Waals surface area (Å²) in [6.07, 6.45) is 2.21. The number of para-hydroxylation sites is 1. The molecule has 1 heterocycles. The van der Waals surface area contributed by atoms with E-state index in [-0.39, 0.29) is 17.3 Å². The number of hydrogen-bond donors (Lipinski definition) is 3. The van der Waals surface area contributed by atoms with Gasteiger partial charge in [0.25, 0.3) is 0 Å². The first-order valence-electron chi connectivity index (χ1n) is 7.37. The van der Waals surface area contributed by atoms with Gasteiger partial charge in [0, 0.05) is 6.54 Å². The number of nitrogens with one attached hydrogen (secondary N) is 3. The maximum atomic E-state index is 12.4. The summed E-state index contributed by atoms with van der Waals surface area (Å²) in [6, 6.07) is 3.27. The Morgan fingerprint density at radius 1 is 1.39 bits per heavy atom. The van der Waals surface area contributed by atoms with Gasteiger partial charge in [-0.2, -0.15) is 8.78 Å². The van der Waals surface area contributed by atoms with Crippen molar-refractivity contribution in [2.24, 2.45) is 0 Å². The van der Waals surface area contributed by atoms with Crippen LogP contribution in [0.4, 0.5) is 19.3 Å². The van der Waals surface area contributed by atoms with E-state index in [0.29, 0.717) is 18.5 Å². The van der Waals surface area contributed by atoms with Crippen LogP contribution in [0.5, 0.6) is 5.75 Å². The highest BCUT2D eigenvalue weighted by Gasteiger charge is 2.23. The molecule has 1 aliphatic heterocycles. The summed E-state index contributed by atoms with van der Waals surface area (Å²) in [4.78, 5) is 23.9. The molecule has 3 N–H and O–H groups in total. The lowest BCUT2D eigenvalue weighted by molar-refractivity contribution is -0.122. The molecule has 1 saturated heterocycles. The molecule has 0 spiro atoms. The molecule has 0 unspecified atom stereocenters. The van der Waals surface area contributed by atoms with E-state index >= 15 is 0 Å². The van der Waals surface area contributed by atoms with Gasteiger partial charge in [0.15, 0.2) is 0 Å². The van der Waals surface area contributed by atoms with Crippen LogP contribution < -0.4 is 20.7 Å². The number of urea groups is 1. The molecule has 126 valence electrons. The van der Waals surface area contributed by atoms with Crippen LogP contribution >= 0.6 is 0 Å². The molecule has 0 aliphatic carbocycles. The van der Waals surface area contributed by atoms with Gasteiger partial charge in [0.05, 0.1) is 5.69 Å². The highest BCUT2D eigenvalue weighted by atomic mass is 19.3. The van der Waals surface area contributed by atoms with Crippen LogP contribution in [0, 0.1) is 6.92 Å². The lowest BCUT2D eigenvalue weighted by Gasteiger charge is -2.18. The molecule has 8 heteroatoms. The molecule has 3 amide bonds. The number of alkyl halides is 2. The first-order valence-corrected chi connectivity index (χ1v) is 7.37. The number of carbonyl (C=O) groups excluding carboxylic acids is 2. The average Bonchev–Trinajstić information content (AvgIpc) is 2.67. The Morgan fingerprint density at radius 3 is 2.91 bits per heavy atom. The lowest BCUT2D eigenvalue weighted by atomic mass is 10.1. The van der Waals surface area contributed by atoms with Crippen LogP contribution in [0.2, 0.25) is 0 Å². The molecule has 0 aromatic heterocycles. The average molecular weight is 327 g/mol. The molecule has 23 heavy (non-hydrogen) atoms. The third-order valence-electron chi connectivity index (χ3n) is 3.53. The fraction of sp³-hybridized carbons (Fsp3) is 0.467. The van der Waals surface area contributed by atoms with Gasteiger partial charge in [-0.3, -0.25) is 4.79 Å². The van der Waals surface area contributed by atoms with Crippen LogP contribution in [0.15, 0.2) is 18.2 Å². The third kappa shape index (κ3) is 4.80. The molecule has 1 aromatic carbocycles. The van der Waals surface area contributed by atoms with Crippen LogP contribution in [0.1, 0.15) is 24.8 Å². The maximum Gasteiger partial charge on any atom is 0.387 e. The zero-order valence-corrected chi connectivity index (χ0v) is 12.7. The van der Waals surface area contributed by atoms with Crippen molar-refractivity contribution in [2.45, 2.75) is 38.8 Å². The Hall–Kier alpha value is -2.38. The Labute approximate surface area is 132 Å². The molecule has 1 fully saturated rings. The number of hydrogen-bond acceptors (Lipinski definition) is 3. The highest BCUT2D eigenvalue weighted by molar-refractivity contribution is 5.95. The minimum atomic E-state index is -2.99. The summed E-state index contributed by atoms with van der Waals surface area (Å²) in [5, 5.41) is 7.75. The van der Waals surface area contributed by atoms with Gasteiger partial charge >= 0.3 is 12.6 Å². The Balaban J connectivity index is 2.06. The summed E-state index contributed by atoms with van der Waals surface area (Å²) in [6.45, 7) is -0.747. The molecule has 1 aromatic rings. The van der Waals surface area contributed by atoms with Crippen molar-refractivity contribution in [3.05, 3.63) is 23.8 Å². The molecule has 2 rings (SSSR count). The van der Waals surface area contributed by atoms with Crippen molar-refractivity contribution in [1.82, 2.24) is 10.6 Å². The Morgan fingerprint density at radius 2 is 2.17 bits per heavy atom. The van der Waals surface area contributed by atoms with Gasteiger partial charge in [0.1, 0.15) is 11.8 Å². The normalized spacial score (nSPS) is 18.1. The minimum Gasteiger partial charge on any atom is -0.433 e. The molecular formula is C15H19F2N3O3. The summed E-state index contributed by atoms with van der Waals surface area (Å²) in [5.74, 6) is -0.369. The zero-order chi connectivity index (χ0) is 16.8. The zero-order valence-electron chi connectivity index (χ0n) is 12.7. The van der Waals surface area contributed by atoms with Crippen molar-refractivity contribution >= 4 is 17.6 Å². The summed E-state index contributed by atoms with van der Waals surface area (Å²) in [5.41, 5.74) is 0.725. The lowest BCUT2D eigenvalue weighted by Crippen LogP contribution is -2.47. The predicted molar refractivity (Wildman–Crippen MR) is 80.6 cm³/mol. The van der Waals surface area contributed by atoms with Gasteiger partial charge in [0.2, 0.25) is 5.91 Å². The van der Waals surface area contributed by atoms with E-state index in [9.17, 15) is 18.4 Å². The van der Waals surface area contributed by atoms with Crippen LogP contribution in [0.3, 0.4) is 0 Å². The second kappa shape index (κ2) is 7.75. The van der Waals surface area contributed by atoms with E-state index < -0.39 is 18.7 Å². The van der Waals surface area contributed by atoms with E-state index in [2.05, 4.69) is 20.7 Å². The Kier molecular flexibility index (Phi) is 5.72. The number of benzene rings is 1. The maximum absolute atomic E-state index is 12.4. The standard InChI is InChI=1S/C15H19F2N3O3/c1-9-5-4-7-11(23-14(16)17)12(9)20-15(22)19-10-6-2-3-8-18-13(10)21/h4-5,7,10,14H,2-3,6,8H2,1H3,(H,18,21)(H2,19,20,22)/t10-/m1/s1. The second-order valence-electron chi connectivity index (χ2n) is 5.26. The van der Waals surface area contributed by atoms with Gasteiger partial charge in [-0.1, -0.05) is 12.1 Å². The monoisotopic (exact) mass is 327 g/mol. The fourth-order valence-electron chi connectivity index (χ4n) is 2.38. The van der Waals surface area contributed by atoms with Crippen LogP contribution in [0.25, 0.3) is 0 Å². The quantitative estimate of drug-likeness (QED) is 0.794. The Bertz CT molecular complexity index is 581. The van der Waals surface area contributed by atoms with E-state index in [1.54, 1.807) is 19.1 Å². The van der Waals surface area contributed by atoms with Gasteiger partial charge < -0.3 is 20.7 Å². The number of ether oxygens (including phenoxy) is 1. The van der Waals surface area contributed by atoms with Gasteiger partial charge in [-0.25, -0.2) is 4.79 Å². The van der Waals surface area contributed by atoms with Crippen LogP contribution in [-0.2, 0) is 4.79 Å². The number of carbonyl (C=O) groups is 2. The molecule has 0 bridgehead atoms. The van der Waals surface area contributed by atoms with E-state index in [4.69, 9.17) is 0 Å². The third-order valence-corrected chi connectivity index (χ3v) is 3.53. The van der Waals surface area contributed by atoms with E-state index in [0.717, 1.165) is 12.8 Å². The van der Waals surface area contributed by atoms with Gasteiger partial charge in [-0.15, -0.1) is 0 Å². The first kappa shape index (κ1) is 17.0. The van der Waals surface area contributed by atoms with Crippen molar-refractivity contribution in [1.29, 1.82) is 0 Å². The molecule has 1 aliphatic rings. The SMILES string of the molecule is Cc1cccc(OC(F)F)c1NC(=O)N[C@@H]1CCCCNC1=O. The molecule has 6 nitrogen and oxygen atoms in total. The number of amides is 3. The summed E-state index contributed by atoms with van der Waals surface area (Å²) >= 11 is 0. The second-order valence-corrected chi connectivity index (χ2v) is 5.26. The van der Waals surface area contributed by atoms with Crippen molar-refractivity contribution in [2.75, 3.05) is 11.9 Å². The predicted octanol–water partition coefficient (Wildman–Crippen LogP) is 2.39. The smallest absolute Gasteiger partial charge is 0.387 e. The molecule has 0 saturated carbocycles. The van der Waals surface area contributed by atoms with Crippen molar-refractivity contribution in [3.8, 4) is 5.75 Å². The fourth-order valence-corrected chi connectivity index (χ4v) is 2.38. The van der Waals surface area contributed by atoms with Crippen LogP contribution in [-0.4, -0.2) is 31.1 Å². The molecule has 0 radical (unpaired) electrons. The highest BCUT2D eigenvalue weighted by Crippen LogP contribution is 2.29. The van der Waals surface area contributed by atoms with Crippen molar-refractivity contribution in [3.63, 3.8) is 0 Å².